The quantitative estimate of drug-likeness (QED) is 0.540. The molecule has 2 heterocycles. The van der Waals surface area contributed by atoms with Gasteiger partial charge in [-0.3, -0.25) is 14.9 Å². The van der Waals surface area contributed by atoms with Gasteiger partial charge in [-0.2, -0.15) is 13.2 Å². The molecule has 0 aliphatic carbocycles. The van der Waals surface area contributed by atoms with Gasteiger partial charge in [0.05, 0.1) is 18.1 Å². The molecule has 1 aliphatic heterocycles. The number of aromatic nitrogens is 2. The number of carbonyl (C=O) groups excluding carboxylic acids is 2. The summed E-state index contributed by atoms with van der Waals surface area (Å²) in [6, 6.07) is 5.36. The van der Waals surface area contributed by atoms with Gasteiger partial charge in [0.1, 0.15) is 17.7 Å². The van der Waals surface area contributed by atoms with Crippen molar-refractivity contribution in [2.75, 3.05) is 18.8 Å². The summed E-state index contributed by atoms with van der Waals surface area (Å²) >= 11 is 0. The molecule has 34 heavy (non-hydrogen) atoms. The zero-order chi connectivity index (χ0) is 25.7. The molecule has 1 atom stereocenters. The third-order valence-corrected chi connectivity index (χ3v) is 4.56. The summed E-state index contributed by atoms with van der Waals surface area (Å²) in [5, 5.41) is 10.9. The lowest BCUT2D eigenvalue weighted by Gasteiger charge is -2.20. The van der Waals surface area contributed by atoms with E-state index in [4.69, 9.17) is 20.4 Å². The third-order valence-electron chi connectivity index (χ3n) is 4.56. The summed E-state index contributed by atoms with van der Waals surface area (Å²) < 4.78 is 37.0. The van der Waals surface area contributed by atoms with Crippen LogP contribution in [0.5, 0.6) is 0 Å². The maximum Gasteiger partial charge on any atom is 0.490 e. The van der Waals surface area contributed by atoms with Crippen LogP contribution in [-0.4, -0.2) is 68.7 Å². The Morgan fingerprint density at radius 2 is 1.91 bits per heavy atom. The molecule has 1 amide bonds. The average molecular weight is 485 g/mol. The van der Waals surface area contributed by atoms with E-state index in [1.54, 1.807) is 4.90 Å². The number of nitrogen functional groups attached to an aromatic ring is 1. The van der Waals surface area contributed by atoms with Gasteiger partial charge in [0.25, 0.3) is 0 Å². The lowest BCUT2D eigenvalue weighted by molar-refractivity contribution is -0.192. The van der Waals surface area contributed by atoms with Gasteiger partial charge in [0, 0.05) is 18.5 Å². The van der Waals surface area contributed by atoms with Crippen LogP contribution in [0.4, 0.5) is 19.0 Å². The number of hydrogen-bond donors (Lipinski definition) is 3. The van der Waals surface area contributed by atoms with E-state index in [1.165, 1.54) is 6.33 Å². The second kappa shape index (κ2) is 10.6. The topological polar surface area (TPSA) is 148 Å². The minimum atomic E-state index is -5.08. The lowest BCUT2D eigenvalue weighted by atomic mass is 10.1. The number of aliphatic carboxylic acids is 1. The maximum atomic E-state index is 12.6. The van der Waals surface area contributed by atoms with Crippen LogP contribution < -0.4 is 11.1 Å². The minimum Gasteiger partial charge on any atom is -0.475 e. The molecule has 0 radical (unpaired) electrons. The van der Waals surface area contributed by atoms with Crippen LogP contribution >= 0.6 is 0 Å². The molecule has 1 fully saturated rings. The number of esters is 1. The van der Waals surface area contributed by atoms with Gasteiger partial charge in [0.2, 0.25) is 5.91 Å². The van der Waals surface area contributed by atoms with E-state index in [0.717, 1.165) is 16.5 Å². The first-order valence-corrected chi connectivity index (χ1v) is 10.2. The molecule has 13 heteroatoms. The highest BCUT2D eigenvalue weighted by atomic mass is 19.4. The molecule has 0 bridgehead atoms. The number of alkyl halides is 3. The van der Waals surface area contributed by atoms with E-state index in [-0.39, 0.29) is 24.5 Å². The number of amides is 1. The number of ether oxygens (including phenoxy) is 1. The Kier molecular flexibility index (Phi) is 8.37. The first-order valence-electron chi connectivity index (χ1n) is 10.2. The summed E-state index contributed by atoms with van der Waals surface area (Å²) in [5.41, 5.74) is 7.04. The molecule has 4 N–H and O–H groups in total. The number of nitrogens with one attached hydrogen (secondary N) is 1. The standard InChI is InChI=1S/C19H25N5O3.C2HF3O2/c1-19(2,3)27-16(25)9-21-14-6-7-24(18(14)26)10-12-4-5-13-15(8-12)22-11-23-17(13)20;3-2(4,5)1(6)7/h4-5,8,11,14,21H,6-7,9-10H2,1-3H3,(H2,20,22,23);(H,6,7)/t14-;/m0./s1. The molecular weight excluding hydrogens is 459 g/mol. The molecule has 1 aromatic heterocycles. The van der Waals surface area contributed by atoms with Crippen LogP contribution in [0.2, 0.25) is 0 Å². The number of rotatable bonds is 5. The number of halogens is 3. The van der Waals surface area contributed by atoms with E-state index in [1.807, 2.05) is 39.0 Å². The van der Waals surface area contributed by atoms with Gasteiger partial charge in [-0.05, 0) is 44.9 Å². The molecule has 1 saturated heterocycles. The van der Waals surface area contributed by atoms with E-state index < -0.39 is 17.7 Å². The average Bonchev–Trinajstić information content (AvgIpc) is 3.04. The van der Waals surface area contributed by atoms with Gasteiger partial charge < -0.3 is 20.5 Å². The highest BCUT2D eigenvalue weighted by Crippen LogP contribution is 2.21. The van der Waals surface area contributed by atoms with E-state index in [9.17, 15) is 22.8 Å². The number of fused-ring (bicyclic) bond motifs is 1. The van der Waals surface area contributed by atoms with Crippen molar-refractivity contribution in [1.82, 2.24) is 20.2 Å². The van der Waals surface area contributed by atoms with Crippen molar-refractivity contribution < 1.29 is 37.4 Å². The van der Waals surface area contributed by atoms with Crippen LogP contribution in [0.25, 0.3) is 10.9 Å². The molecule has 0 spiro atoms. The van der Waals surface area contributed by atoms with E-state index in [2.05, 4.69) is 15.3 Å². The summed E-state index contributed by atoms with van der Waals surface area (Å²) in [7, 11) is 0. The molecule has 3 rings (SSSR count). The number of nitrogens with two attached hydrogens (primary N) is 1. The Morgan fingerprint density at radius 3 is 2.50 bits per heavy atom. The number of carboxylic acid groups (broad SMARTS) is 1. The van der Waals surface area contributed by atoms with Gasteiger partial charge in [-0.1, -0.05) is 6.07 Å². The smallest absolute Gasteiger partial charge is 0.475 e. The van der Waals surface area contributed by atoms with Crippen molar-refractivity contribution in [3.63, 3.8) is 0 Å². The minimum absolute atomic E-state index is 0.0131. The Balaban J connectivity index is 0.000000509. The molecule has 2 aromatic rings. The van der Waals surface area contributed by atoms with Crippen LogP contribution in [0, 0.1) is 0 Å². The Morgan fingerprint density at radius 1 is 1.26 bits per heavy atom. The molecule has 186 valence electrons. The zero-order valence-electron chi connectivity index (χ0n) is 18.8. The Hall–Kier alpha value is -3.48. The van der Waals surface area contributed by atoms with E-state index in [0.29, 0.717) is 25.3 Å². The van der Waals surface area contributed by atoms with Gasteiger partial charge in [-0.15, -0.1) is 0 Å². The first-order chi connectivity index (χ1) is 15.7. The Bertz CT molecular complexity index is 1060. The van der Waals surface area contributed by atoms with Crippen molar-refractivity contribution in [1.29, 1.82) is 0 Å². The van der Waals surface area contributed by atoms with Crippen LogP contribution in [-0.2, 0) is 25.7 Å². The zero-order valence-corrected chi connectivity index (χ0v) is 18.8. The lowest BCUT2D eigenvalue weighted by Crippen LogP contribution is -2.41. The first kappa shape index (κ1) is 26.8. The number of nitrogens with zero attached hydrogens (tertiary/aromatic N) is 3. The number of carboxylic acids is 1. The molecule has 1 aliphatic rings. The van der Waals surface area contributed by atoms with Crippen LogP contribution in [0.1, 0.15) is 32.8 Å². The molecule has 0 saturated carbocycles. The molecule has 10 nitrogen and oxygen atoms in total. The summed E-state index contributed by atoms with van der Waals surface area (Å²) in [4.78, 5) is 43.3. The summed E-state index contributed by atoms with van der Waals surface area (Å²) in [6.07, 6.45) is -3.00. The molecule has 0 unspecified atom stereocenters. The second-order valence-corrected chi connectivity index (χ2v) is 8.48. The second-order valence-electron chi connectivity index (χ2n) is 8.48. The highest BCUT2D eigenvalue weighted by Gasteiger charge is 2.38. The van der Waals surface area contributed by atoms with E-state index >= 15 is 0 Å². The van der Waals surface area contributed by atoms with Crippen LogP contribution in [0.3, 0.4) is 0 Å². The fourth-order valence-electron chi connectivity index (χ4n) is 3.11. The van der Waals surface area contributed by atoms with Crippen LogP contribution in [0.15, 0.2) is 24.5 Å². The fraction of sp³-hybridized carbons (Fsp3) is 0.476. The predicted octanol–water partition coefficient (Wildman–Crippen LogP) is 1.88. The van der Waals surface area contributed by atoms with Gasteiger partial charge in [-0.25, -0.2) is 14.8 Å². The third kappa shape index (κ3) is 7.83. The number of likely N-dealkylation sites (tertiary alicyclic amines) is 1. The Labute approximate surface area is 193 Å². The summed E-state index contributed by atoms with van der Waals surface area (Å²) in [6.45, 7) is 6.59. The van der Waals surface area contributed by atoms with Crippen molar-refractivity contribution in [3.05, 3.63) is 30.1 Å². The number of anilines is 1. The number of hydrogen-bond acceptors (Lipinski definition) is 8. The SMILES string of the molecule is CC(C)(C)OC(=O)CN[C@H]1CCN(Cc2ccc3c(N)ncnc3c2)C1=O.O=C(O)C(F)(F)F. The maximum absolute atomic E-state index is 12.6. The van der Waals surface area contributed by atoms with Crippen molar-refractivity contribution >= 4 is 34.6 Å². The normalized spacial score (nSPS) is 16.2. The summed E-state index contributed by atoms with van der Waals surface area (Å²) in [5.74, 6) is -2.69. The molecule has 1 aromatic carbocycles. The highest BCUT2D eigenvalue weighted by molar-refractivity contribution is 5.88. The fourth-order valence-corrected chi connectivity index (χ4v) is 3.11. The van der Waals surface area contributed by atoms with Gasteiger partial charge in [0.15, 0.2) is 0 Å². The van der Waals surface area contributed by atoms with Crippen molar-refractivity contribution in [2.45, 2.75) is 51.6 Å². The van der Waals surface area contributed by atoms with Crippen molar-refractivity contribution in [3.8, 4) is 0 Å². The predicted molar refractivity (Wildman–Crippen MR) is 115 cm³/mol. The monoisotopic (exact) mass is 485 g/mol. The van der Waals surface area contributed by atoms with Gasteiger partial charge >= 0.3 is 18.1 Å². The largest absolute Gasteiger partial charge is 0.490 e. The number of carbonyl (C=O) groups is 3. The van der Waals surface area contributed by atoms with Crippen molar-refractivity contribution in [2.24, 2.45) is 0 Å². The molecular formula is C21H26F3N5O5. The number of benzene rings is 1.